The van der Waals surface area contributed by atoms with E-state index in [-0.39, 0.29) is 16.1 Å². The Kier molecular flexibility index (Phi) is 4.59. The summed E-state index contributed by atoms with van der Waals surface area (Å²) < 4.78 is 0. The molecule has 0 unspecified atom stereocenters. The summed E-state index contributed by atoms with van der Waals surface area (Å²) in [6, 6.07) is 1.49. The van der Waals surface area contributed by atoms with Crippen molar-refractivity contribution in [3.8, 4) is 0 Å². The average Bonchev–Trinajstić information content (AvgIpc) is 2.22. The molecule has 1 heterocycles. The third-order valence-electron chi connectivity index (χ3n) is 1.69. The Morgan fingerprint density at radius 3 is 2.93 bits per heavy atom. The third kappa shape index (κ3) is 3.53. The van der Waals surface area contributed by atoms with E-state index in [1.165, 1.54) is 12.3 Å². The van der Waals surface area contributed by atoms with Crippen molar-refractivity contribution >= 4 is 29.1 Å². The van der Waals surface area contributed by atoms with Crippen LogP contribution >= 0.6 is 23.2 Å². The van der Waals surface area contributed by atoms with Gasteiger partial charge in [0.1, 0.15) is 5.15 Å². The molecule has 1 rings (SSSR count). The first-order valence-electron chi connectivity index (χ1n) is 4.35. The Bertz CT molecular complexity index is 380. The van der Waals surface area contributed by atoms with E-state index >= 15 is 0 Å². The van der Waals surface area contributed by atoms with Crippen LogP contribution in [0.3, 0.4) is 0 Å². The smallest absolute Gasteiger partial charge is 0.252 e. The van der Waals surface area contributed by atoms with Crippen LogP contribution in [0.5, 0.6) is 0 Å². The van der Waals surface area contributed by atoms with Crippen LogP contribution in [0.4, 0.5) is 0 Å². The van der Waals surface area contributed by atoms with E-state index in [4.69, 9.17) is 23.2 Å². The number of hydrogen-bond donors (Lipinski definition) is 1. The maximum atomic E-state index is 11.5. The number of rotatable bonds is 4. The molecule has 0 atom stereocenters. The summed E-state index contributed by atoms with van der Waals surface area (Å²) in [6.07, 6.45) is 3.84. The topological polar surface area (TPSA) is 42.0 Å². The molecule has 1 amide bonds. The van der Waals surface area contributed by atoms with Crippen LogP contribution in [0.2, 0.25) is 10.2 Å². The van der Waals surface area contributed by atoms with Gasteiger partial charge in [-0.3, -0.25) is 4.79 Å². The van der Waals surface area contributed by atoms with Crippen LogP contribution in [0, 0.1) is 0 Å². The maximum Gasteiger partial charge on any atom is 0.252 e. The highest BCUT2D eigenvalue weighted by molar-refractivity contribution is 6.41. The zero-order valence-corrected chi connectivity index (χ0v) is 9.48. The van der Waals surface area contributed by atoms with Gasteiger partial charge >= 0.3 is 0 Å². The van der Waals surface area contributed by atoms with Crippen LogP contribution < -0.4 is 5.32 Å². The molecule has 0 aromatic carbocycles. The zero-order chi connectivity index (χ0) is 11.3. The Labute approximate surface area is 98.1 Å². The number of aromatic nitrogens is 1. The summed E-state index contributed by atoms with van der Waals surface area (Å²) >= 11 is 11.4. The van der Waals surface area contributed by atoms with Crippen molar-refractivity contribution in [2.75, 3.05) is 6.54 Å². The molecule has 0 radical (unpaired) electrons. The van der Waals surface area contributed by atoms with E-state index in [2.05, 4.69) is 16.9 Å². The van der Waals surface area contributed by atoms with E-state index < -0.39 is 0 Å². The lowest BCUT2D eigenvalue weighted by Gasteiger charge is -2.03. The van der Waals surface area contributed by atoms with E-state index in [9.17, 15) is 4.79 Å². The zero-order valence-electron chi connectivity index (χ0n) is 7.96. The van der Waals surface area contributed by atoms with Crippen LogP contribution in [0.15, 0.2) is 24.9 Å². The molecule has 1 aromatic rings. The lowest BCUT2D eigenvalue weighted by atomic mass is 10.2. The van der Waals surface area contributed by atoms with Gasteiger partial charge in [0.2, 0.25) is 0 Å². The van der Waals surface area contributed by atoms with E-state index in [1.807, 2.05) is 0 Å². The lowest BCUT2D eigenvalue weighted by molar-refractivity contribution is 0.0954. The minimum Gasteiger partial charge on any atom is -0.352 e. The lowest BCUT2D eigenvalue weighted by Crippen LogP contribution is -2.24. The second-order valence-corrected chi connectivity index (χ2v) is 3.60. The molecule has 1 aromatic heterocycles. The minimum absolute atomic E-state index is 0.194. The number of halogens is 2. The van der Waals surface area contributed by atoms with E-state index in [0.29, 0.717) is 12.1 Å². The van der Waals surface area contributed by atoms with Crippen molar-refractivity contribution in [3.63, 3.8) is 0 Å². The number of carbonyl (C=O) groups excluding carboxylic acids is 1. The fraction of sp³-hybridized carbons (Fsp3) is 0.200. The SMILES string of the molecule is C=CCCNC(=O)c1cnc(Cl)c(Cl)c1. The second kappa shape index (κ2) is 5.73. The first-order valence-corrected chi connectivity index (χ1v) is 5.11. The molecular formula is C10H10Cl2N2O. The van der Waals surface area contributed by atoms with Crippen molar-refractivity contribution in [2.24, 2.45) is 0 Å². The molecule has 80 valence electrons. The van der Waals surface area contributed by atoms with Gasteiger partial charge in [-0.15, -0.1) is 6.58 Å². The molecule has 0 fully saturated rings. The van der Waals surface area contributed by atoms with E-state index in [1.54, 1.807) is 6.08 Å². The molecule has 1 N–H and O–H groups in total. The molecular weight excluding hydrogens is 235 g/mol. The van der Waals surface area contributed by atoms with Gasteiger partial charge in [0.25, 0.3) is 5.91 Å². The molecule has 5 heteroatoms. The highest BCUT2D eigenvalue weighted by Crippen LogP contribution is 2.19. The quantitative estimate of drug-likeness (QED) is 0.503. The summed E-state index contributed by atoms with van der Waals surface area (Å²) in [6.45, 7) is 4.10. The first-order chi connectivity index (χ1) is 7.15. The molecule has 15 heavy (non-hydrogen) atoms. The summed E-state index contributed by atoms with van der Waals surface area (Å²) in [5, 5.41) is 3.16. The van der Waals surface area contributed by atoms with Gasteiger partial charge in [0.05, 0.1) is 10.6 Å². The number of hydrogen-bond acceptors (Lipinski definition) is 2. The monoisotopic (exact) mass is 244 g/mol. The highest BCUT2D eigenvalue weighted by atomic mass is 35.5. The van der Waals surface area contributed by atoms with Crippen LogP contribution in [0.1, 0.15) is 16.8 Å². The average molecular weight is 245 g/mol. The summed E-state index contributed by atoms with van der Waals surface area (Å²) in [7, 11) is 0. The maximum absolute atomic E-state index is 11.5. The molecule has 0 saturated heterocycles. The Hall–Kier alpha value is -1.06. The standard InChI is InChI=1S/C10H10Cl2N2O/c1-2-3-4-13-10(15)7-5-8(11)9(12)14-6-7/h2,5-6H,1,3-4H2,(H,13,15). The minimum atomic E-state index is -0.220. The van der Waals surface area contributed by atoms with Gasteiger partial charge in [0.15, 0.2) is 0 Å². The number of pyridine rings is 1. The molecule has 0 spiro atoms. The van der Waals surface area contributed by atoms with Gasteiger partial charge < -0.3 is 5.32 Å². The molecule has 0 aliphatic carbocycles. The van der Waals surface area contributed by atoms with Gasteiger partial charge in [-0.1, -0.05) is 29.3 Å². The number of carbonyl (C=O) groups is 1. The van der Waals surface area contributed by atoms with Gasteiger partial charge in [-0.05, 0) is 12.5 Å². The van der Waals surface area contributed by atoms with Crippen molar-refractivity contribution in [1.29, 1.82) is 0 Å². The third-order valence-corrected chi connectivity index (χ3v) is 2.38. The summed E-state index contributed by atoms with van der Waals surface area (Å²) in [5.74, 6) is -0.220. The number of amides is 1. The van der Waals surface area contributed by atoms with Gasteiger partial charge in [0, 0.05) is 12.7 Å². The van der Waals surface area contributed by atoms with Gasteiger partial charge in [-0.2, -0.15) is 0 Å². The van der Waals surface area contributed by atoms with Crippen molar-refractivity contribution in [3.05, 3.63) is 40.7 Å². The summed E-state index contributed by atoms with van der Waals surface area (Å²) in [4.78, 5) is 15.3. The molecule has 0 aliphatic rings. The number of nitrogens with one attached hydrogen (secondary N) is 1. The highest BCUT2D eigenvalue weighted by Gasteiger charge is 2.07. The van der Waals surface area contributed by atoms with Crippen LogP contribution in [0.25, 0.3) is 0 Å². The molecule has 3 nitrogen and oxygen atoms in total. The first kappa shape index (κ1) is 12.0. The van der Waals surface area contributed by atoms with Crippen molar-refractivity contribution in [1.82, 2.24) is 10.3 Å². The molecule has 0 bridgehead atoms. The Morgan fingerprint density at radius 2 is 2.33 bits per heavy atom. The Morgan fingerprint density at radius 1 is 1.60 bits per heavy atom. The molecule has 0 saturated carbocycles. The largest absolute Gasteiger partial charge is 0.352 e. The van der Waals surface area contributed by atoms with Crippen molar-refractivity contribution in [2.45, 2.75) is 6.42 Å². The number of nitrogens with zero attached hydrogens (tertiary/aromatic N) is 1. The van der Waals surface area contributed by atoms with Crippen molar-refractivity contribution < 1.29 is 4.79 Å². The summed E-state index contributed by atoms with van der Waals surface area (Å²) in [5.41, 5.74) is 0.397. The Balaban J connectivity index is 2.65. The van der Waals surface area contributed by atoms with Gasteiger partial charge in [-0.25, -0.2) is 4.98 Å². The van der Waals surface area contributed by atoms with E-state index in [0.717, 1.165) is 6.42 Å². The predicted molar refractivity (Wildman–Crippen MR) is 61.4 cm³/mol. The van der Waals surface area contributed by atoms with Crippen LogP contribution in [-0.2, 0) is 0 Å². The molecule has 0 aliphatic heterocycles. The predicted octanol–water partition coefficient (Wildman–Crippen LogP) is 2.69. The second-order valence-electron chi connectivity index (χ2n) is 2.83. The fourth-order valence-corrected chi connectivity index (χ4v) is 1.20. The van der Waals surface area contributed by atoms with Crippen LogP contribution in [-0.4, -0.2) is 17.4 Å². The normalized spacial score (nSPS) is 9.73. The fourth-order valence-electron chi connectivity index (χ4n) is 0.935.